The molecule has 0 bridgehead atoms. The largest absolute Gasteiger partial charge is 0.290 e. The minimum Gasteiger partial charge on any atom is -0.290 e. The van der Waals surface area contributed by atoms with Crippen molar-refractivity contribution in [1.29, 1.82) is 0 Å². The summed E-state index contributed by atoms with van der Waals surface area (Å²) in [5.41, 5.74) is 0.987. The van der Waals surface area contributed by atoms with E-state index >= 15 is 0 Å². The molecule has 0 atom stereocenters. The van der Waals surface area contributed by atoms with Crippen LogP contribution in [0.5, 0.6) is 0 Å². The maximum atomic E-state index is 4.44. The van der Waals surface area contributed by atoms with Gasteiger partial charge in [0.15, 0.2) is 0 Å². The molecule has 0 aliphatic carbocycles. The summed E-state index contributed by atoms with van der Waals surface area (Å²) >= 11 is 3.52. The van der Waals surface area contributed by atoms with Gasteiger partial charge in [0, 0.05) is 22.3 Å². The van der Waals surface area contributed by atoms with Gasteiger partial charge in [-0.1, -0.05) is 28.1 Å². The summed E-state index contributed by atoms with van der Waals surface area (Å²) in [6.45, 7) is 1.97. The summed E-state index contributed by atoms with van der Waals surface area (Å²) in [4.78, 5) is 8.65. The van der Waals surface area contributed by atoms with Crippen LogP contribution in [0.2, 0.25) is 0 Å². The topological polar surface area (TPSA) is 30.7 Å². The van der Waals surface area contributed by atoms with E-state index in [-0.39, 0.29) is 0 Å². The summed E-state index contributed by atoms with van der Waals surface area (Å²) in [5.74, 6) is 0.885. The highest BCUT2D eigenvalue weighted by Gasteiger charge is 2.03. The highest BCUT2D eigenvalue weighted by molar-refractivity contribution is 9.10. The fraction of sp³-hybridized carbons (Fsp3) is 0.0769. The molecule has 0 radical (unpaired) electrons. The standard InChI is InChI=1S/C13H10BrN3/c1-9-7-17(8-16-9)13-5-10-3-2-4-12(14)11(10)6-15-13/h2-8H,1H3. The Hall–Kier alpha value is -1.68. The second-order valence-electron chi connectivity index (χ2n) is 3.93. The third kappa shape index (κ3) is 1.85. The van der Waals surface area contributed by atoms with Crippen LogP contribution in [-0.4, -0.2) is 14.5 Å². The van der Waals surface area contributed by atoms with Crippen molar-refractivity contribution in [3.05, 3.63) is 53.2 Å². The highest BCUT2D eigenvalue weighted by Crippen LogP contribution is 2.24. The average Bonchev–Trinajstić information content (AvgIpc) is 2.76. The molecule has 84 valence electrons. The molecule has 0 fully saturated rings. The molecule has 4 heteroatoms. The Kier molecular flexibility index (Phi) is 2.44. The van der Waals surface area contributed by atoms with E-state index in [2.05, 4.69) is 38.0 Å². The molecule has 0 spiro atoms. The van der Waals surface area contributed by atoms with Gasteiger partial charge < -0.3 is 0 Å². The zero-order valence-corrected chi connectivity index (χ0v) is 10.8. The lowest BCUT2D eigenvalue weighted by Gasteiger charge is -2.04. The number of aryl methyl sites for hydroxylation is 1. The predicted molar refractivity (Wildman–Crippen MR) is 71.3 cm³/mol. The molecule has 0 aliphatic rings. The molecule has 17 heavy (non-hydrogen) atoms. The summed E-state index contributed by atoms with van der Waals surface area (Å²) in [7, 11) is 0. The molecule has 3 aromatic rings. The summed E-state index contributed by atoms with van der Waals surface area (Å²) in [5, 5.41) is 2.28. The Morgan fingerprint density at radius 1 is 1.24 bits per heavy atom. The van der Waals surface area contributed by atoms with Crippen LogP contribution in [0.15, 0.2) is 47.5 Å². The number of hydrogen-bond donors (Lipinski definition) is 0. The van der Waals surface area contributed by atoms with Crippen LogP contribution >= 0.6 is 15.9 Å². The Labute approximate surface area is 107 Å². The number of halogens is 1. The van der Waals surface area contributed by atoms with Gasteiger partial charge in [-0.15, -0.1) is 0 Å². The second-order valence-corrected chi connectivity index (χ2v) is 4.78. The van der Waals surface area contributed by atoms with E-state index in [0.717, 1.165) is 26.8 Å². The zero-order valence-electron chi connectivity index (χ0n) is 9.26. The van der Waals surface area contributed by atoms with Crippen molar-refractivity contribution in [2.24, 2.45) is 0 Å². The molecule has 1 aromatic carbocycles. The van der Waals surface area contributed by atoms with Gasteiger partial charge in [0.2, 0.25) is 0 Å². The highest BCUT2D eigenvalue weighted by atomic mass is 79.9. The molecule has 2 heterocycles. The van der Waals surface area contributed by atoms with E-state index in [1.165, 1.54) is 0 Å². The fourth-order valence-corrected chi connectivity index (χ4v) is 2.29. The molecule has 0 saturated heterocycles. The van der Waals surface area contributed by atoms with Gasteiger partial charge in [-0.25, -0.2) is 9.97 Å². The molecule has 3 nitrogen and oxygen atoms in total. The van der Waals surface area contributed by atoms with Gasteiger partial charge in [-0.3, -0.25) is 4.57 Å². The first kappa shape index (κ1) is 10.5. The first-order valence-corrected chi connectivity index (χ1v) is 6.08. The summed E-state index contributed by atoms with van der Waals surface area (Å²) < 4.78 is 2.99. The SMILES string of the molecule is Cc1cn(-c2cc3cccc(Br)c3cn2)cn1. The second kappa shape index (κ2) is 3.96. The van der Waals surface area contributed by atoms with Crippen molar-refractivity contribution in [2.45, 2.75) is 6.92 Å². The lowest BCUT2D eigenvalue weighted by Crippen LogP contribution is -1.93. The van der Waals surface area contributed by atoms with Crippen molar-refractivity contribution in [3.63, 3.8) is 0 Å². The molecule has 0 aliphatic heterocycles. The number of imidazole rings is 1. The fourth-order valence-electron chi connectivity index (χ4n) is 1.81. The lowest BCUT2D eigenvalue weighted by molar-refractivity contribution is 0.999. The average molecular weight is 288 g/mol. The number of rotatable bonds is 1. The third-order valence-corrected chi connectivity index (χ3v) is 3.36. The Bertz CT molecular complexity index is 688. The first-order chi connectivity index (χ1) is 8.24. The number of fused-ring (bicyclic) bond motifs is 1. The van der Waals surface area contributed by atoms with Crippen molar-refractivity contribution in [2.75, 3.05) is 0 Å². The monoisotopic (exact) mass is 287 g/mol. The van der Waals surface area contributed by atoms with Gasteiger partial charge in [-0.05, 0) is 24.4 Å². The number of pyridine rings is 1. The van der Waals surface area contributed by atoms with E-state index < -0.39 is 0 Å². The molecular weight excluding hydrogens is 278 g/mol. The number of aromatic nitrogens is 3. The molecule has 0 saturated carbocycles. The number of hydrogen-bond acceptors (Lipinski definition) is 2. The molecular formula is C13H10BrN3. The van der Waals surface area contributed by atoms with Crippen LogP contribution in [-0.2, 0) is 0 Å². The minimum atomic E-state index is 0.885. The Morgan fingerprint density at radius 2 is 2.12 bits per heavy atom. The molecule has 0 N–H and O–H groups in total. The van der Waals surface area contributed by atoms with Gasteiger partial charge >= 0.3 is 0 Å². The van der Waals surface area contributed by atoms with Gasteiger partial charge in [0.05, 0.1) is 5.69 Å². The van der Waals surface area contributed by atoms with Gasteiger partial charge in [0.1, 0.15) is 12.1 Å². The first-order valence-electron chi connectivity index (χ1n) is 5.29. The van der Waals surface area contributed by atoms with Crippen LogP contribution < -0.4 is 0 Å². The van der Waals surface area contributed by atoms with Gasteiger partial charge in [0.25, 0.3) is 0 Å². The predicted octanol–water partition coefficient (Wildman–Crippen LogP) is 3.49. The quantitative estimate of drug-likeness (QED) is 0.686. The Morgan fingerprint density at radius 3 is 2.88 bits per heavy atom. The van der Waals surface area contributed by atoms with E-state index in [0.29, 0.717) is 0 Å². The van der Waals surface area contributed by atoms with Crippen molar-refractivity contribution in [3.8, 4) is 5.82 Å². The van der Waals surface area contributed by atoms with E-state index in [9.17, 15) is 0 Å². The van der Waals surface area contributed by atoms with Crippen LogP contribution in [0.4, 0.5) is 0 Å². The number of nitrogens with zero attached hydrogens (tertiary/aromatic N) is 3. The zero-order chi connectivity index (χ0) is 11.8. The smallest absolute Gasteiger partial charge is 0.138 e. The lowest BCUT2D eigenvalue weighted by atomic mass is 10.2. The maximum Gasteiger partial charge on any atom is 0.138 e. The molecule has 2 aromatic heterocycles. The third-order valence-electron chi connectivity index (χ3n) is 2.67. The maximum absolute atomic E-state index is 4.44. The van der Waals surface area contributed by atoms with E-state index in [1.807, 2.05) is 36.0 Å². The van der Waals surface area contributed by atoms with Crippen molar-refractivity contribution >= 4 is 26.7 Å². The molecule has 3 rings (SSSR count). The van der Waals surface area contributed by atoms with Crippen LogP contribution in [0.3, 0.4) is 0 Å². The van der Waals surface area contributed by atoms with Crippen molar-refractivity contribution < 1.29 is 0 Å². The van der Waals surface area contributed by atoms with E-state index in [1.54, 1.807) is 6.33 Å². The molecule has 0 amide bonds. The van der Waals surface area contributed by atoms with Crippen molar-refractivity contribution in [1.82, 2.24) is 14.5 Å². The van der Waals surface area contributed by atoms with Crippen LogP contribution in [0.25, 0.3) is 16.6 Å². The van der Waals surface area contributed by atoms with Crippen LogP contribution in [0, 0.1) is 6.92 Å². The van der Waals surface area contributed by atoms with Crippen LogP contribution in [0.1, 0.15) is 5.69 Å². The number of benzene rings is 1. The Balaban J connectivity index is 2.20. The van der Waals surface area contributed by atoms with E-state index in [4.69, 9.17) is 0 Å². The minimum absolute atomic E-state index is 0.885. The van der Waals surface area contributed by atoms with Gasteiger partial charge in [-0.2, -0.15) is 0 Å². The summed E-state index contributed by atoms with van der Waals surface area (Å²) in [6, 6.07) is 8.18. The normalized spacial score (nSPS) is 10.9. The molecule has 0 unspecified atom stereocenters. The summed E-state index contributed by atoms with van der Waals surface area (Å²) in [6.07, 6.45) is 5.62.